The minimum atomic E-state index is 0. The molecule has 0 radical (unpaired) electrons. The van der Waals surface area contributed by atoms with Crippen LogP contribution < -0.4 is 0 Å². The summed E-state index contributed by atoms with van der Waals surface area (Å²) in [5, 5.41) is 0. The van der Waals surface area contributed by atoms with Gasteiger partial charge in [-0.15, -0.1) is 0 Å². The second kappa shape index (κ2) is 5.54. The van der Waals surface area contributed by atoms with Crippen LogP contribution >= 0.6 is 0 Å². The van der Waals surface area contributed by atoms with Crippen molar-refractivity contribution >= 4 is 5.78 Å². The Morgan fingerprint density at radius 3 is 2.11 bits per heavy atom. The summed E-state index contributed by atoms with van der Waals surface area (Å²) in [6, 6.07) is 0. The molecule has 0 N–H and O–H groups in total. The largest absolute Gasteiger partial charge is 0.299 e. The van der Waals surface area contributed by atoms with Crippen LogP contribution in [-0.4, -0.2) is 5.78 Å². The van der Waals surface area contributed by atoms with Crippen molar-refractivity contribution in [2.45, 2.75) is 34.1 Å². The summed E-state index contributed by atoms with van der Waals surface area (Å²) < 4.78 is 0. The number of allylic oxidation sites excluding steroid dienone is 2. The first-order valence-corrected chi connectivity index (χ1v) is 2.56. The molecule has 0 aromatic carbocycles. The van der Waals surface area contributed by atoms with E-state index in [4.69, 9.17) is 0 Å². The molecule has 0 saturated heterocycles. The minimum absolute atomic E-state index is 0. The van der Waals surface area contributed by atoms with E-state index in [2.05, 4.69) is 6.08 Å². The van der Waals surface area contributed by atoms with Gasteiger partial charge in [0.15, 0.2) is 0 Å². The van der Waals surface area contributed by atoms with Crippen molar-refractivity contribution in [3.05, 3.63) is 12.2 Å². The molecule has 1 aliphatic carbocycles. The predicted octanol–water partition coefficient (Wildman–Crippen LogP) is 2.57. The Bertz CT molecular complexity index is 103. The zero-order valence-electron chi connectivity index (χ0n) is 4.18. The molecule has 1 heteroatoms. The van der Waals surface area contributed by atoms with Gasteiger partial charge in [0.25, 0.3) is 0 Å². The Morgan fingerprint density at radius 2 is 1.89 bits per heavy atom. The van der Waals surface area contributed by atoms with Crippen LogP contribution in [0.5, 0.6) is 0 Å². The Labute approximate surface area is 57.8 Å². The monoisotopic (exact) mass is 128 g/mol. The van der Waals surface area contributed by atoms with E-state index in [1.54, 1.807) is 0 Å². The highest BCUT2D eigenvalue weighted by Gasteiger charge is 1.99. The van der Waals surface area contributed by atoms with Gasteiger partial charge in [-0.25, -0.2) is 0 Å². The van der Waals surface area contributed by atoms with E-state index in [0.717, 1.165) is 12.8 Å². The summed E-state index contributed by atoms with van der Waals surface area (Å²) in [4.78, 5) is 10.4. The van der Waals surface area contributed by atoms with Gasteiger partial charge in [-0.1, -0.05) is 27.0 Å². The molecule has 0 heterocycles. The zero-order chi connectivity index (χ0) is 5.11. The van der Waals surface area contributed by atoms with Gasteiger partial charge in [-0.2, -0.15) is 0 Å². The first-order chi connectivity index (χ1) is 3.39. The summed E-state index contributed by atoms with van der Waals surface area (Å²) in [5.74, 6) is 0.377. The topological polar surface area (TPSA) is 17.1 Å². The van der Waals surface area contributed by atoms with Crippen molar-refractivity contribution in [1.82, 2.24) is 0 Å². The molecule has 0 aliphatic heterocycles. The van der Waals surface area contributed by atoms with E-state index in [0.29, 0.717) is 12.2 Å². The molecule has 1 aliphatic rings. The van der Waals surface area contributed by atoms with Crippen LogP contribution in [0.4, 0.5) is 0 Å². The standard InChI is InChI=1S/C6H8O.2CH4/c7-6-4-2-1-3-5-6;;/h1-2H,3-5H2;2*1H4. The fourth-order valence-corrected chi connectivity index (χ4v) is 0.679. The van der Waals surface area contributed by atoms with Crippen LogP contribution in [0.15, 0.2) is 12.2 Å². The van der Waals surface area contributed by atoms with Gasteiger partial charge in [-0.3, -0.25) is 4.79 Å². The normalized spacial score (nSPS) is 15.8. The molecule has 9 heavy (non-hydrogen) atoms. The molecule has 1 rings (SSSR count). The lowest BCUT2D eigenvalue weighted by atomic mass is 10.1. The van der Waals surface area contributed by atoms with E-state index in [1.807, 2.05) is 6.08 Å². The van der Waals surface area contributed by atoms with Gasteiger partial charge in [0.05, 0.1) is 0 Å². The highest BCUT2D eigenvalue weighted by Crippen LogP contribution is 2.03. The second-order valence-corrected chi connectivity index (χ2v) is 1.75. The molecule has 0 aromatic rings. The Hall–Kier alpha value is -0.590. The van der Waals surface area contributed by atoms with Crippen LogP contribution in [0.2, 0.25) is 0 Å². The van der Waals surface area contributed by atoms with Gasteiger partial charge in [0.1, 0.15) is 5.78 Å². The lowest BCUT2D eigenvalue weighted by molar-refractivity contribution is -0.118. The fourth-order valence-electron chi connectivity index (χ4n) is 0.679. The molecule has 54 valence electrons. The van der Waals surface area contributed by atoms with E-state index >= 15 is 0 Å². The van der Waals surface area contributed by atoms with Crippen LogP contribution in [0.25, 0.3) is 0 Å². The van der Waals surface area contributed by atoms with E-state index in [-0.39, 0.29) is 14.9 Å². The smallest absolute Gasteiger partial charge is 0.136 e. The van der Waals surface area contributed by atoms with Gasteiger partial charge in [0, 0.05) is 12.8 Å². The minimum Gasteiger partial charge on any atom is -0.299 e. The molecular formula is C8H16O. The predicted molar refractivity (Wildman–Crippen MR) is 41.5 cm³/mol. The molecule has 0 aromatic heterocycles. The maximum Gasteiger partial charge on any atom is 0.136 e. The van der Waals surface area contributed by atoms with Crippen molar-refractivity contribution in [3.63, 3.8) is 0 Å². The second-order valence-electron chi connectivity index (χ2n) is 1.75. The third-order valence-electron chi connectivity index (χ3n) is 1.10. The van der Waals surface area contributed by atoms with Gasteiger partial charge in [0.2, 0.25) is 0 Å². The van der Waals surface area contributed by atoms with E-state index in [1.165, 1.54) is 0 Å². The third-order valence-corrected chi connectivity index (χ3v) is 1.10. The molecule has 1 nitrogen and oxygen atoms in total. The third kappa shape index (κ3) is 3.95. The highest BCUT2D eigenvalue weighted by molar-refractivity contribution is 5.80. The van der Waals surface area contributed by atoms with Crippen molar-refractivity contribution in [2.75, 3.05) is 0 Å². The average Bonchev–Trinajstić information content (AvgIpc) is 1.69. The van der Waals surface area contributed by atoms with E-state index in [9.17, 15) is 4.79 Å². The molecular weight excluding hydrogens is 112 g/mol. The SMILES string of the molecule is C.C.O=C1CC=CCC1. The number of carbonyl (C=O) groups excluding carboxylic acids is 1. The van der Waals surface area contributed by atoms with Gasteiger partial charge in [-0.05, 0) is 6.42 Å². The maximum atomic E-state index is 10.4. The molecule has 0 spiro atoms. The molecule has 0 atom stereocenters. The Balaban J connectivity index is 0. The lowest BCUT2D eigenvalue weighted by Crippen LogP contribution is -1.97. The van der Waals surface area contributed by atoms with Crippen molar-refractivity contribution in [2.24, 2.45) is 0 Å². The first kappa shape index (κ1) is 11.2. The van der Waals surface area contributed by atoms with E-state index < -0.39 is 0 Å². The maximum absolute atomic E-state index is 10.4. The van der Waals surface area contributed by atoms with Crippen LogP contribution in [0.1, 0.15) is 34.1 Å². The highest BCUT2D eigenvalue weighted by atomic mass is 16.1. The zero-order valence-corrected chi connectivity index (χ0v) is 4.18. The number of hydrogen-bond acceptors (Lipinski definition) is 1. The Morgan fingerprint density at radius 1 is 1.22 bits per heavy atom. The van der Waals surface area contributed by atoms with Gasteiger partial charge < -0.3 is 0 Å². The molecule has 0 amide bonds. The molecule has 0 unspecified atom stereocenters. The number of ketones is 1. The van der Waals surface area contributed by atoms with Crippen molar-refractivity contribution in [3.8, 4) is 0 Å². The molecule has 0 saturated carbocycles. The van der Waals surface area contributed by atoms with Crippen molar-refractivity contribution in [1.29, 1.82) is 0 Å². The first-order valence-electron chi connectivity index (χ1n) is 2.56. The van der Waals surface area contributed by atoms with Crippen LogP contribution in [-0.2, 0) is 4.79 Å². The van der Waals surface area contributed by atoms with Crippen LogP contribution in [0, 0.1) is 0 Å². The lowest BCUT2D eigenvalue weighted by Gasteiger charge is -1.97. The summed E-state index contributed by atoms with van der Waals surface area (Å²) in [7, 11) is 0. The summed E-state index contributed by atoms with van der Waals surface area (Å²) in [6.45, 7) is 0. The van der Waals surface area contributed by atoms with Crippen molar-refractivity contribution < 1.29 is 4.79 Å². The Kier molecular flexibility index (Phi) is 6.92. The summed E-state index contributed by atoms with van der Waals surface area (Å²) in [5.41, 5.74) is 0. The quantitative estimate of drug-likeness (QED) is 0.458. The van der Waals surface area contributed by atoms with Gasteiger partial charge >= 0.3 is 0 Å². The number of carbonyl (C=O) groups is 1. The number of hydrogen-bond donors (Lipinski definition) is 0. The number of Topliss-reactive ketones (excluding diaryl/α,β-unsaturated/α-hetero) is 1. The number of rotatable bonds is 0. The fraction of sp³-hybridized carbons (Fsp3) is 0.625. The van der Waals surface area contributed by atoms with Crippen LogP contribution in [0.3, 0.4) is 0 Å². The summed E-state index contributed by atoms with van der Waals surface area (Å²) >= 11 is 0. The summed E-state index contributed by atoms with van der Waals surface area (Å²) in [6.07, 6.45) is 6.38. The molecule has 0 fully saturated rings. The molecule has 0 bridgehead atoms. The average molecular weight is 128 g/mol.